The van der Waals surface area contributed by atoms with Crippen molar-refractivity contribution in [2.75, 3.05) is 19.6 Å². The van der Waals surface area contributed by atoms with Crippen molar-refractivity contribution in [3.8, 4) is 0 Å². The average Bonchev–Trinajstić information content (AvgIpc) is 2.59. The zero-order valence-corrected chi connectivity index (χ0v) is 8.82. The van der Waals surface area contributed by atoms with Crippen molar-refractivity contribution >= 4 is 17.5 Å². The van der Waals surface area contributed by atoms with Crippen molar-refractivity contribution in [3.63, 3.8) is 0 Å². The Balaban J connectivity index is 2.29. The molecule has 1 heterocycles. The molecule has 1 amide bonds. The Morgan fingerprint density at radius 2 is 2.36 bits per heavy atom. The molecule has 1 aromatic rings. The number of rotatable bonds is 5. The fourth-order valence-corrected chi connectivity index (χ4v) is 1.20. The fourth-order valence-electron chi connectivity index (χ4n) is 1.04. The van der Waals surface area contributed by atoms with Crippen molar-refractivity contribution in [2.24, 2.45) is 0 Å². The number of halogens is 1. The Bertz CT molecular complexity index is 298. The maximum Gasteiger partial charge on any atom is 0.267 e. The van der Waals surface area contributed by atoms with Gasteiger partial charge in [-0.3, -0.25) is 4.79 Å². The second-order valence-electron chi connectivity index (χ2n) is 2.84. The summed E-state index contributed by atoms with van der Waals surface area (Å²) < 4.78 is 0. The number of aromatic amines is 1. The third-order valence-electron chi connectivity index (χ3n) is 1.73. The molecular formula is C9H14ClN3O. The van der Waals surface area contributed by atoms with Gasteiger partial charge < -0.3 is 15.6 Å². The number of amides is 1. The highest BCUT2D eigenvalue weighted by atomic mass is 35.5. The van der Waals surface area contributed by atoms with Gasteiger partial charge in [-0.25, -0.2) is 0 Å². The van der Waals surface area contributed by atoms with Crippen LogP contribution in [0.15, 0.2) is 12.3 Å². The van der Waals surface area contributed by atoms with Crippen LogP contribution in [0.2, 0.25) is 5.02 Å². The van der Waals surface area contributed by atoms with Crippen LogP contribution < -0.4 is 10.6 Å². The van der Waals surface area contributed by atoms with Gasteiger partial charge in [0.2, 0.25) is 0 Å². The summed E-state index contributed by atoms with van der Waals surface area (Å²) in [6.45, 7) is 4.32. The summed E-state index contributed by atoms with van der Waals surface area (Å²) in [6, 6.07) is 1.60. The van der Waals surface area contributed by atoms with Gasteiger partial charge in [0.1, 0.15) is 5.69 Å². The molecule has 0 fully saturated rings. The van der Waals surface area contributed by atoms with E-state index in [1.807, 2.05) is 6.92 Å². The van der Waals surface area contributed by atoms with Crippen LogP contribution in [0.1, 0.15) is 17.4 Å². The van der Waals surface area contributed by atoms with E-state index in [-0.39, 0.29) is 5.91 Å². The molecule has 0 spiro atoms. The summed E-state index contributed by atoms with van der Waals surface area (Å²) in [5, 5.41) is 6.41. The van der Waals surface area contributed by atoms with Crippen LogP contribution in [0.4, 0.5) is 0 Å². The first-order valence-corrected chi connectivity index (χ1v) is 4.94. The molecule has 1 rings (SSSR count). The van der Waals surface area contributed by atoms with Gasteiger partial charge in [-0.2, -0.15) is 0 Å². The number of carbonyl (C=O) groups excluding carboxylic acids is 1. The molecule has 0 radical (unpaired) electrons. The standard InChI is InChI=1S/C9H14ClN3O/c1-2-11-3-4-12-9(14)8-5-7(10)6-13-8/h5-6,11,13H,2-4H2,1H3,(H,12,14). The molecule has 4 nitrogen and oxygen atoms in total. The van der Waals surface area contributed by atoms with E-state index >= 15 is 0 Å². The SMILES string of the molecule is CCNCCNC(=O)c1cc(Cl)c[nH]1. The highest BCUT2D eigenvalue weighted by Crippen LogP contribution is 2.08. The predicted octanol–water partition coefficient (Wildman–Crippen LogP) is 1.01. The Morgan fingerprint density at radius 1 is 1.57 bits per heavy atom. The third-order valence-corrected chi connectivity index (χ3v) is 1.95. The van der Waals surface area contributed by atoms with E-state index in [2.05, 4.69) is 15.6 Å². The van der Waals surface area contributed by atoms with Crippen LogP contribution in [-0.4, -0.2) is 30.5 Å². The molecule has 3 N–H and O–H groups in total. The maximum atomic E-state index is 11.4. The Labute approximate surface area is 88.0 Å². The molecule has 0 aliphatic carbocycles. The first-order chi connectivity index (χ1) is 6.74. The lowest BCUT2D eigenvalue weighted by molar-refractivity contribution is 0.0949. The lowest BCUT2D eigenvalue weighted by atomic mass is 10.4. The summed E-state index contributed by atoms with van der Waals surface area (Å²) in [6.07, 6.45) is 1.58. The van der Waals surface area contributed by atoms with Crippen LogP contribution in [0.3, 0.4) is 0 Å². The Kier molecular flexibility index (Phi) is 4.49. The molecule has 0 saturated carbocycles. The van der Waals surface area contributed by atoms with E-state index in [0.29, 0.717) is 17.3 Å². The van der Waals surface area contributed by atoms with E-state index in [1.165, 1.54) is 0 Å². The molecule has 0 aliphatic heterocycles. The molecule has 0 atom stereocenters. The van der Waals surface area contributed by atoms with Crippen molar-refractivity contribution in [3.05, 3.63) is 23.0 Å². The molecule has 0 saturated heterocycles. The number of nitrogens with one attached hydrogen (secondary N) is 3. The van der Waals surface area contributed by atoms with E-state index in [1.54, 1.807) is 12.3 Å². The van der Waals surface area contributed by atoms with Gasteiger partial charge >= 0.3 is 0 Å². The lowest BCUT2D eigenvalue weighted by Crippen LogP contribution is -2.31. The van der Waals surface area contributed by atoms with Crippen molar-refractivity contribution in [1.82, 2.24) is 15.6 Å². The minimum atomic E-state index is -0.130. The molecule has 0 unspecified atom stereocenters. The second-order valence-corrected chi connectivity index (χ2v) is 3.28. The summed E-state index contributed by atoms with van der Waals surface area (Å²) in [7, 11) is 0. The second kappa shape index (κ2) is 5.67. The zero-order valence-electron chi connectivity index (χ0n) is 8.06. The summed E-state index contributed by atoms with van der Waals surface area (Å²) in [5.41, 5.74) is 0.492. The van der Waals surface area contributed by atoms with Gasteiger partial charge in [0, 0.05) is 19.3 Å². The van der Waals surface area contributed by atoms with Gasteiger partial charge in [0.25, 0.3) is 5.91 Å². The van der Waals surface area contributed by atoms with Gasteiger partial charge in [0.05, 0.1) is 5.02 Å². The maximum absolute atomic E-state index is 11.4. The van der Waals surface area contributed by atoms with Crippen molar-refractivity contribution < 1.29 is 4.79 Å². The van der Waals surface area contributed by atoms with Gasteiger partial charge in [0.15, 0.2) is 0 Å². The normalized spacial score (nSPS) is 10.1. The molecule has 0 aromatic carbocycles. The average molecular weight is 216 g/mol. The molecular weight excluding hydrogens is 202 g/mol. The molecule has 5 heteroatoms. The molecule has 78 valence electrons. The summed E-state index contributed by atoms with van der Waals surface area (Å²) >= 11 is 5.66. The van der Waals surface area contributed by atoms with Crippen molar-refractivity contribution in [2.45, 2.75) is 6.92 Å². The van der Waals surface area contributed by atoms with Crippen LogP contribution in [0.5, 0.6) is 0 Å². The smallest absolute Gasteiger partial charge is 0.267 e. The molecule has 0 aliphatic rings. The van der Waals surface area contributed by atoms with Crippen LogP contribution in [0, 0.1) is 0 Å². The summed E-state index contributed by atoms with van der Waals surface area (Å²) in [4.78, 5) is 14.2. The van der Waals surface area contributed by atoms with Gasteiger partial charge in [-0.15, -0.1) is 0 Å². The number of aromatic nitrogens is 1. The van der Waals surface area contributed by atoms with E-state index in [9.17, 15) is 4.79 Å². The number of H-pyrrole nitrogens is 1. The van der Waals surface area contributed by atoms with Crippen molar-refractivity contribution in [1.29, 1.82) is 0 Å². The molecule has 1 aromatic heterocycles. The zero-order chi connectivity index (χ0) is 10.4. The Morgan fingerprint density at radius 3 is 2.93 bits per heavy atom. The van der Waals surface area contributed by atoms with Crippen LogP contribution in [0.25, 0.3) is 0 Å². The molecule has 0 bridgehead atoms. The lowest BCUT2D eigenvalue weighted by Gasteiger charge is -2.03. The fraction of sp³-hybridized carbons (Fsp3) is 0.444. The van der Waals surface area contributed by atoms with Gasteiger partial charge in [-0.05, 0) is 12.6 Å². The number of hydrogen-bond donors (Lipinski definition) is 3. The quantitative estimate of drug-likeness (QED) is 0.642. The number of likely N-dealkylation sites (N-methyl/N-ethyl adjacent to an activating group) is 1. The minimum absolute atomic E-state index is 0.130. The van der Waals surface area contributed by atoms with E-state index in [0.717, 1.165) is 13.1 Å². The van der Waals surface area contributed by atoms with Gasteiger partial charge in [-0.1, -0.05) is 18.5 Å². The number of hydrogen-bond acceptors (Lipinski definition) is 2. The highest BCUT2D eigenvalue weighted by Gasteiger charge is 2.05. The first kappa shape index (κ1) is 11.1. The monoisotopic (exact) mass is 215 g/mol. The molecule has 14 heavy (non-hydrogen) atoms. The van der Waals surface area contributed by atoms with Crippen LogP contribution in [-0.2, 0) is 0 Å². The third kappa shape index (κ3) is 3.40. The van der Waals surface area contributed by atoms with Crippen LogP contribution >= 0.6 is 11.6 Å². The summed E-state index contributed by atoms with van der Waals surface area (Å²) in [5.74, 6) is -0.130. The Hall–Kier alpha value is -1.00. The first-order valence-electron chi connectivity index (χ1n) is 4.57. The topological polar surface area (TPSA) is 56.9 Å². The highest BCUT2D eigenvalue weighted by molar-refractivity contribution is 6.30. The van der Waals surface area contributed by atoms with E-state index < -0.39 is 0 Å². The minimum Gasteiger partial charge on any atom is -0.356 e. The number of carbonyl (C=O) groups is 1. The van der Waals surface area contributed by atoms with E-state index in [4.69, 9.17) is 11.6 Å². The predicted molar refractivity (Wildman–Crippen MR) is 56.7 cm³/mol. The largest absolute Gasteiger partial charge is 0.356 e.